The quantitative estimate of drug-likeness (QED) is 0.715. The van der Waals surface area contributed by atoms with Gasteiger partial charge in [-0.25, -0.2) is 0 Å². The lowest BCUT2D eigenvalue weighted by Gasteiger charge is -2.32. The van der Waals surface area contributed by atoms with Crippen molar-refractivity contribution in [1.29, 1.82) is 0 Å². The molecular weight excluding hydrogens is 221 g/mol. The molecule has 0 aliphatic carbocycles. The number of hydrogen-bond acceptors (Lipinski definition) is 2. The zero-order chi connectivity index (χ0) is 12.2. The number of likely N-dealkylation sites (tertiary alicyclic amines) is 1. The van der Waals surface area contributed by atoms with Crippen LogP contribution >= 0.6 is 0 Å². The molecule has 1 saturated heterocycles. The molecule has 1 N–H and O–H groups in total. The summed E-state index contributed by atoms with van der Waals surface area (Å²) in [5.41, 5.74) is 0. The largest absolute Gasteiger partial charge is 0.471 e. The maximum Gasteiger partial charge on any atom is 0.471 e. The average molecular weight is 234 g/mol. The molecule has 0 unspecified atom stereocenters. The van der Waals surface area contributed by atoms with E-state index < -0.39 is 12.1 Å². The molecule has 1 aliphatic rings. The Morgan fingerprint density at radius 1 is 1.44 bits per heavy atom. The van der Waals surface area contributed by atoms with Gasteiger partial charge in [-0.3, -0.25) is 4.79 Å². The van der Waals surface area contributed by atoms with Crippen LogP contribution in [-0.2, 0) is 4.79 Å². The van der Waals surface area contributed by atoms with Crippen LogP contribution in [-0.4, -0.2) is 42.7 Å². The Bertz CT molecular complexity index is 287. The van der Waals surface area contributed by atoms with Crippen molar-refractivity contribution in [2.24, 2.45) is 0 Å². The lowest BCUT2D eigenvalue weighted by Crippen LogP contribution is -2.49. The van der Waals surface area contributed by atoms with Crippen LogP contribution in [0.2, 0.25) is 0 Å². The normalized spacial score (nSPS) is 18.2. The highest BCUT2D eigenvalue weighted by Gasteiger charge is 2.43. The summed E-state index contributed by atoms with van der Waals surface area (Å²) in [4.78, 5) is 11.7. The molecule has 0 aromatic carbocycles. The van der Waals surface area contributed by atoms with Crippen molar-refractivity contribution < 1.29 is 18.0 Å². The van der Waals surface area contributed by atoms with Crippen LogP contribution in [0, 0.1) is 12.3 Å². The van der Waals surface area contributed by atoms with Gasteiger partial charge in [0, 0.05) is 19.1 Å². The summed E-state index contributed by atoms with van der Waals surface area (Å²) in [6, 6.07) is 0.105. The first-order valence-electron chi connectivity index (χ1n) is 4.98. The van der Waals surface area contributed by atoms with Crippen molar-refractivity contribution in [3.05, 3.63) is 0 Å². The molecule has 6 heteroatoms. The molecule has 16 heavy (non-hydrogen) atoms. The van der Waals surface area contributed by atoms with Gasteiger partial charge in [0.2, 0.25) is 0 Å². The van der Waals surface area contributed by atoms with Gasteiger partial charge in [-0.1, -0.05) is 5.92 Å². The minimum Gasteiger partial charge on any atom is -0.335 e. The van der Waals surface area contributed by atoms with E-state index in [1.807, 2.05) is 0 Å². The molecule has 0 spiro atoms. The topological polar surface area (TPSA) is 32.3 Å². The molecule has 0 aromatic heterocycles. The van der Waals surface area contributed by atoms with Crippen molar-refractivity contribution >= 4 is 5.91 Å². The second-order valence-corrected chi connectivity index (χ2v) is 3.65. The predicted octanol–water partition coefficient (Wildman–Crippen LogP) is 0.763. The summed E-state index contributed by atoms with van der Waals surface area (Å²) < 4.78 is 36.3. The fourth-order valence-electron chi connectivity index (χ4n) is 1.67. The lowest BCUT2D eigenvalue weighted by atomic mass is 10.1. The Kier molecular flexibility index (Phi) is 4.19. The number of hydrogen-bond donors (Lipinski definition) is 1. The molecule has 1 heterocycles. The minimum atomic E-state index is -4.76. The van der Waals surface area contributed by atoms with Crippen LogP contribution in [0.25, 0.3) is 0 Å². The summed E-state index contributed by atoms with van der Waals surface area (Å²) in [5, 5.41) is 3.01. The highest BCUT2D eigenvalue weighted by molar-refractivity contribution is 5.81. The van der Waals surface area contributed by atoms with Crippen LogP contribution in [0.5, 0.6) is 0 Å². The number of amides is 1. The number of nitrogens with one attached hydrogen (secondary N) is 1. The van der Waals surface area contributed by atoms with Gasteiger partial charge in [-0.2, -0.15) is 13.2 Å². The third kappa shape index (κ3) is 3.42. The molecule has 0 atom stereocenters. The first-order valence-corrected chi connectivity index (χ1v) is 4.98. The molecule has 1 aliphatic heterocycles. The van der Waals surface area contributed by atoms with E-state index in [1.54, 1.807) is 0 Å². The van der Waals surface area contributed by atoms with Crippen molar-refractivity contribution in [3.8, 4) is 12.3 Å². The highest BCUT2D eigenvalue weighted by atomic mass is 19.4. The summed E-state index contributed by atoms with van der Waals surface area (Å²) in [7, 11) is 0. The number of rotatable bonds is 2. The molecule has 1 rings (SSSR count). The van der Waals surface area contributed by atoms with Crippen molar-refractivity contribution in [2.75, 3.05) is 19.6 Å². The standard InChI is InChI=1S/C10H13F3N2O/c1-2-5-14-8-3-6-15(7-4-8)9(16)10(11,12)13/h1,8,14H,3-7H2. The molecule has 0 radical (unpaired) electrons. The number of nitrogens with zero attached hydrogens (tertiary/aromatic N) is 1. The van der Waals surface area contributed by atoms with E-state index in [9.17, 15) is 18.0 Å². The predicted molar refractivity (Wildman–Crippen MR) is 52.5 cm³/mol. The Morgan fingerprint density at radius 2 is 2.00 bits per heavy atom. The van der Waals surface area contributed by atoms with E-state index in [1.165, 1.54) is 0 Å². The Labute approximate surface area is 92.0 Å². The molecule has 3 nitrogen and oxygen atoms in total. The first kappa shape index (κ1) is 12.8. The Hall–Kier alpha value is -1.22. The van der Waals surface area contributed by atoms with Gasteiger partial charge in [0.15, 0.2) is 0 Å². The van der Waals surface area contributed by atoms with Crippen LogP contribution in [0.4, 0.5) is 13.2 Å². The molecule has 90 valence electrons. The van der Waals surface area contributed by atoms with E-state index in [0.29, 0.717) is 19.4 Å². The van der Waals surface area contributed by atoms with Crippen LogP contribution in [0.1, 0.15) is 12.8 Å². The highest BCUT2D eigenvalue weighted by Crippen LogP contribution is 2.21. The van der Waals surface area contributed by atoms with Crippen LogP contribution in [0.3, 0.4) is 0 Å². The van der Waals surface area contributed by atoms with E-state index in [4.69, 9.17) is 6.42 Å². The summed E-state index contributed by atoms with van der Waals surface area (Å²) in [6.07, 6.45) is 1.29. The molecule has 0 aromatic rings. The van der Waals surface area contributed by atoms with E-state index in [2.05, 4.69) is 11.2 Å². The SMILES string of the molecule is C#CCNC1CCN(C(=O)C(F)(F)F)CC1. The van der Waals surface area contributed by atoms with Gasteiger partial charge in [-0.15, -0.1) is 6.42 Å². The third-order valence-electron chi connectivity index (χ3n) is 2.52. The van der Waals surface area contributed by atoms with Gasteiger partial charge in [0.1, 0.15) is 0 Å². The van der Waals surface area contributed by atoms with Crippen molar-refractivity contribution in [3.63, 3.8) is 0 Å². The monoisotopic (exact) mass is 234 g/mol. The summed E-state index contributed by atoms with van der Waals surface area (Å²) >= 11 is 0. The number of carbonyl (C=O) groups excluding carboxylic acids is 1. The number of piperidine rings is 1. The molecular formula is C10H13F3N2O. The molecule has 0 saturated carbocycles. The fourth-order valence-corrected chi connectivity index (χ4v) is 1.67. The Morgan fingerprint density at radius 3 is 2.44 bits per heavy atom. The van der Waals surface area contributed by atoms with E-state index in [0.717, 1.165) is 4.90 Å². The maximum atomic E-state index is 12.1. The lowest BCUT2D eigenvalue weighted by molar-refractivity contribution is -0.186. The van der Waals surface area contributed by atoms with Crippen molar-refractivity contribution in [1.82, 2.24) is 10.2 Å². The number of halogens is 3. The van der Waals surface area contributed by atoms with Gasteiger partial charge in [-0.05, 0) is 12.8 Å². The van der Waals surface area contributed by atoms with E-state index in [-0.39, 0.29) is 19.1 Å². The third-order valence-corrected chi connectivity index (χ3v) is 2.52. The fraction of sp³-hybridized carbons (Fsp3) is 0.700. The van der Waals surface area contributed by atoms with Crippen molar-refractivity contribution in [2.45, 2.75) is 25.1 Å². The molecule has 1 fully saturated rings. The summed E-state index contributed by atoms with van der Waals surface area (Å²) in [5.74, 6) is 0.654. The second-order valence-electron chi connectivity index (χ2n) is 3.65. The number of terminal acetylenes is 1. The van der Waals surface area contributed by atoms with Crippen LogP contribution in [0.15, 0.2) is 0 Å². The summed E-state index contributed by atoms with van der Waals surface area (Å²) in [6.45, 7) is 0.652. The average Bonchev–Trinajstić information content (AvgIpc) is 2.25. The number of carbonyl (C=O) groups is 1. The zero-order valence-electron chi connectivity index (χ0n) is 8.68. The number of alkyl halides is 3. The van der Waals surface area contributed by atoms with Gasteiger partial charge in [0.25, 0.3) is 0 Å². The second kappa shape index (κ2) is 5.21. The zero-order valence-corrected chi connectivity index (χ0v) is 8.68. The molecule has 0 bridgehead atoms. The van der Waals surface area contributed by atoms with Gasteiger partial charge >= 0.3 is 12.1 Å². The maximum absolute atomic E-state index is 12.1. The van der Waals surface area contributed by atoms with E-state index >= 15 is 0 Å². The molecule has 1 amide bonds. The van der Waals surface area contributed by atoms with Gasteiger partial charge in [0.05, 0.1) is 6.54 Å². The first-order chi connectivity index (χ1) is 7.45. The Balaban J connectivity index is 2.38. The van der Waals surface area contributed by atoms with Gasteiger partial charge < -0.3 is 10.2 Å². The minimum absolute atomic E-state index is 0.105. The smallest absolute Gasteiger partial charge is 0.335 e. The van der Waals surface area contributed by atoms with Crippen LogP contribution < -0.4 is 5.32 Å².